The van der Waals surface area contributed by atoms with Crippen molar-refractivity contribution in [3.8, 4) is 0 Å². The molecule has 0 aromatic heterocycles. The highest BCUT2D eigenvalue weighted by Gasteiger charge is 2.33. The lowest BCUT2D eigenvalue weighted by Crippen LogP contribution is -2.50. The van der Waals surface area contributed by atoms with Crippen molar-refractivity contribution in [1.29, 1.82) is 0 Å². The van der Waals surface area contributed by atoms with Crippen LogP contribution in [0, 0.1) is 5.82 Å². The Balaban J connectivity index is 2.41. The molecule has 0 radical (unpaired) electrons. The molecule has 0 spiro atoms. The average molecular weight is 366 g/mol. The molecular weight excluding hydrogens is 353 g/mol. The molecule has 1 aromatic carbocycles. The standard InChI is InChI=1S/C11H13BrFN3O3S/c1-15-2-3-16(6-11(15)17)20(18,19)10-5-9(14)8(13)4-7(10)12/h4-5H,2-3,6,14H2,1H3. The van der Waals surface area contributed by atoms with Crippen molar-refractivity contribution in [2.75, 3.05) is 32.4 Å². The molecular formula is C11H13BrFN3O3S. The van der Waals surface area contributed by atoms with E-state index in [0.29, 0.717) is 6.54 Å². The van der Waals surface area contributed by atoms with Crippen LogP contribution in [0.3, 0.4) is 0 Å². The van der Waals surface area contributed by atoms with Crippen molar-refractivity contribution in [1.82, 2.24) is 9.21 Å². The van der Waals surface area contributed by atoms with Gasteiger partial charge in [0.1, 0.15) is 5.82 Å². The Hall–Kier alpha value is -1.19. The Bertz CT molecular complexity index is 665. The van der Waals surface area contributed by atoms with Crippen LogP contribution in [-0.4, -0.2) is 50.2 Å². The summed E-state index contributed by atoms with van der Waals surface area (Å²) in [5.41, 5.74) is 5.15. The number of nitrogen functional groups attached to an aromatic ring is 1. The maximum absolute atomic E-state index is 13.3. The molecule has 1 aliphatic rings. The van der Waals surface area contributed by atoms with E-state index in [-0.39, 0.29) is 34.1 Å². The van der Waals surface area contributed by atoms with Gasteiger partial charge in [-0.05, 0) is 28.1 Å². The van der Waals surface area contributed by atoms with E-state index in [4.69, 9.17) is 5.73 Å². The number of amides is 1. The van der Waals surface area contributed by atoms with E-state index in [1.54, 1.807) is 7.05 Å². The minimum absolute atomic E-state index is 0.0792. The van der Waals surface area contributed by atoms with Crippen LogP contribution in [0.4, 0.5) is 10.1 Å². The number of hydrogen-bond donors (Lipinski definition) is 1. The Labute approximate surface area is 124 Å². The molecule has 20 heavy (non-hydrogen) atoms. The molecule has 0 atom stereocenters. The number of likely N-dealkylation sites (N-methyl/N-ethyl adjacent to an activating group) is 1. The lowest BCUT2D eigenvalue weighted by atomic mass is 10.3. The van der Waals surface area contributed by atoms with E-state index in [2.05, 4.69) is 15.9 Å². The molecule has 0 saturated carbocycles. The SMILES string of the molecule is CN1CCN(S(=O)(=O)c2cc(N)c(F)cc2Br)CC1=O. The number of benzene rings is 1. The van der Waals surface area contributed by atoms with Gasteiger partial charge >= 0.3 is 0 Å². The second-order valence-electron chi connectivity index (χ2n) is 4.46. The van der Waals surface area contributed by atoms with Crippen molar-refractivity contribution in [3.63, 3.8) is 0 Å². The van der Waals surface area contributed by atoms with Gasteiger partial charge in [0.05, 0.1) is 17.1 Å². The van der Waals surface area contributed by atoms with Gasteiger partial charge in [0.25, 0.3) is 0 Å². The topological polar surface area (TPSA) is 83.7 Å². The highest BCUT2D eigenvalue weighted by molar-refractivity contribution is 9.10. The number of hydrogen-bond acceptors (Lipinski definition) is 4. The van der Waals surface area contributed by atoms with E-state index in [1.165, 1.54) is 4.90 Å². The van der Waals surface area contributed by atoms with E-state index >= 15 is 0 Å². The van der Waals surface area contributed by atoms with Gasteiger partial charge in [-0.3, -0.25) is 4.79 Å². The molecule has 6 nitrogen and oxygen atoms in total. The normalized spacial score (nSPS) is 17.6. The zero-order valence-electron chi connectivity index (χ0n) is 10.6. The van der Waals surface area contributed by atoms with E-state index in [9.17, 15) is 17.6 Å². The molecule has 1 saturated heterocycles. The lowest BCUT2D eigenvalue weighted by molar-refractivity contribution is -0.132. The third-order valence-electron chi connectivity index (χ3n) is 3.09. The van der Waals surface area contributed by atoms with Gasteiger partial charge in [0.2, 0.25) is 15.9 Å². The summed E-state index contributed by atoms with van der Waals surface area (Å²) in [6.45, 7) is 0.267. The first-order valence-electron chi connectivity index (χ1n) is 5.72. The van der Waals surface area contributed by atoms with Crippen LogP contribution in [0.5, 0.6) is 0 Å². The quantitative estimate of drug-likeness (QED) is 0.779. The van der Waals surface area contributed by atoms with Crippen LogP contribution in [0.25, 0.3) is 0 Å². The maximum Gasteiger partial charge on any atom is 0.244 e. The number of carbonyl (C=O) groups is 1. The number of rotatable bonds is 2. The van der Waals surface area contributed by atoms with Gasteiger partial charge in [-0.2, -0.15) is 4.31 Å². The second-order valence-corrected chi connectivity index (χ2v) is 7.22. The Morgan fingerprint density at radius 2 is 2.00 bits per heavy atom. The van der Waals surface area contributed by atoms with E-state index in [1.807, 2.05) is 0 Å². The van der Waals surface area contributed by atoms with Crippen molar-refractivity contribution in [2.24, 2.45) is 0 Å². The summed E-state index contributed by atoms with van der Waals surface area (Å²) in [4.78, 5) is 12.9. The summed E-state index contributed by atoms with van der Waals surface area (Å²) in [6.07, 6.45) is 0. The second kappa shape index (κ2) is 5.30. The van der Waals surface area contributed by atoms with Gasteiger partial charge in [-0.25, -0.2) is 12.8 Å². The molecule has 9 heteroatoms. The van der Waals surface area contributed by atoms with Crippen LogP contribution < -0.4 is 5.73 Å². The summed E-state index contributed by atoms with van der Waals surface area (Å²) in [6, 6.07) is 2.05. The fourth-order valence-corrected chi connectivity index (χ4v) is 4.21. The van der Waals surface area contributed by atoms with Crippen molar-refractivity contribution < 1.29 is 17.6 Å². The first kappa shape index (κ1) is 15.2. The van der Waals surface area contributed by atoms with Crippen molar-refractivity contribution >= 4 is 37.5 Å². The first-order valence-corrected chi connectivity index (χ1v) is 7.95. The third-order valence-corrected chi connectivity index (χ3v) is 5.89. The molecule has 0 unspecified atom stereocenters. The molecule has 110 valence electrons. The zero-order valence-corrected chi connectivity index (χ0v) is 13.0. The number of carbonyl (C=O) groups excluding carboxylic acids is 1. The molecule has 2 rings (SSSR count). The number of sulfonamides is 1. The third kappa shape index (κ3) is 2.65. The highest BCUT2D eigenvalue weighted by atomic mass is 79.9. The highest BCUT2D eigenvalue weighted by Crippen LogP contribution is 2.29. The minimum Gasteiger partial charge on any atom is -0.396 e. The summed E-state index contributed by atoms with van der Waals surface area (Å²) in [5, 5.41) is 0. The van der Waals surface area contributed by atoms with E-state index < -0.39 is 15.8 Å². The predicted octanol–water partition coefficient (Wildman–Crippen LogP) is 0.633. The first-order chi connectivity index (χ1) is 9.23. The van der Waals surface area contributed by atoms with Crippen LogP contribution in [0.1, 0.15) is 0 Å². The smallest absolute Gasteiger partial charge is 0.244 e. The fourth-order valence-electron chi connectivity index (χ4n) is 1.82. The monoisotopic (exact) mass is 365 g/mol. The molecule has 0 bridgehead atoms. The molecule has 1 aliphatic heterocycles. The molecule has 1 aromatic rings. The Kier molecular flexibility index (Phi) is 4.03. The number of halogens is 2. The molecule has 1 fully saturated rings. The number of nitrogens with two attached hydrogens (primary N) is 1. The van der Waals surface area contributed by atoms with Crippen LogP contribution in [0.2, 0.25) is 0 Å². The number of nitrogens with zero attached hydrogens (tertiary/aromatic N) is 2. The van der Waals surface area contributed by atoms with Crippen molar-refractivity contribution in [3.05, 3.63) is 22.4 Å². The summed E-state index contributed by atoms with van der Waals surface area (Å²) in [5.74, 6) is -0.990. The largest absolute Gasteiger partial charge is 0.396 e. The number of piperazine rings is 1. The van der Waals surface area contributed by atoms with Gasteiger partial charge in [-0.15, -0.1) is 0 Å². The fraction of sp³-hybridized carbons (Fsp3) is 0.364. The lowest BCUT2D eigenvalue weighted by Gasteiger charge is -2.31. The Morgan fingerprint density at radius 3 is 2.60 bits per heavy atom. The molecule has 0 aliphatic carbocycles. The number of anilines is 1. The van der Waals surface area contributed by atoms with Crippen LogP contribution in [-0.2, 0) is 14.8 Å². The van der Waals surface area contributed by atoms with Gasteiger partial charge in [-0.1, -0.05) is 0 Å². The van der Waals surface area contributed by atoms with Gasteiger partial charge < -0.3 is 10.6 Å². The van der Waals surface area contributed by atoms with Gasteiger partial charge in [0.15, 0.2) is 0 Å². The zero-order chi connectivity index (χ0) is 15.1. The van der Waals surface area contributed by atoms with Crippen LogP contribution in [0.15, 0.2) is 21.5 Å². The van der Waals surface area contributed by atoms with Crippen LogP contribution >= 0.6 is 15.9 Å². The Morgan fingerprint density at radius 1 is 1.35 bits per heavy atom. The van der Waals surface area contributed by atoms with Crippen molar-refractivity contribution in [2.45, 2.75) is 4.90 Å². The molecule has 1 amide bonds. The summed E-state index contributed by atoms with van der Waals surface area (Å²) < 4.78 is 39.4. The maximum atomic E-state index is 13.3. The average Bonchev–Trinajstić information content (AvgIpc) is 2.36. The summed E-state index contributed by atoms with van der Waals surface area (Å²) >= 11 is 3.01. The van der Waals surface area contributed by atoms with E-state index in [0.717, 1.165) is 16.4 Å². The molecule has 1 heterocycles. The minimum atomic E-state index is -3.90. The summed E-state index contributed by atoms with van der Waals surface area (Å²) in [7, 11) is -2.29. The molecule has 2 N–H and O–H groups in total. The predicted molar refractivity (Wildman–Crippen MR) is 74.9 cm³/mol. The van der Waals surface area contributed by atoms with Gasteiger partial charge in [0, 0.05) is 24.6 Å².